The molecular formula is C19H39IN4. The zero-order valence-corrected chi connectivity index (χ0v) is 18.4. The van der Waals surface area contributed by atoms with Crippen LogP contribution in [-0.4, -0.2) is 50.6 Å². The molecule has 1 saturated heterocycles. The van der Waals surface area contributed by atoms with Crippen LogP contribution >= 0.6 is 24.0 Å². The molecule has 142 valence electrons. The maximum absolute atomic E-state index is 4.41. The van der Waals surface area contributed by atoms with Gasteiger partial charge >= 0.3 is 0 Å². The molecule has 5 heteroatoms. The molecule has 4 nitrogen and oxygen atoms in total. The lowest BCUT2D eigenvalue weighted by molar-refractivity contribution is 0.220. The first-order valence-corrected chi connectivity index (χ1v) is 9.83. The van der Waals surface area contributed by atoms with Crippen molar-refractivity contribution in [3.05, 3.63) is 0 Å². The fourth-order valence-corrected chi connectivity index (χ4v) is 3.97. The van der Waals surface area contributed by atoms with Crippen LogP contribution in [0, 0.1) is 11.8 Å². The van der Waals surface area contributed by atoms with Crippen molar-refractivity contribution >= 4 is 29.9 Å². The molecule has 1 aliphatic heterocycles. The van der Waals surface area contributed by atoms with Gasteiger partial charge in [-0.05, 0) is 64.6 Å². The van der Waals surface area contributed by atoms with E-state index in [1.807, 2.05) is 7.05 Å². The van der Waals surface area contributed by atoms with Crippen molar-refractivity contribution in [2.75, 3.05) is 33.7 Å². The van der Waals surface area contributed by atoms with E-state index in [2.05, 4.69) is 34.5 Å². The molecule has 1 aliphatic carbocycles. The highest BCUT2D eigenvalue weighted by Crippen LogP contribution is 2.27. The summed E-state index contributed by atoms with van der Waals surface area (Å²) in [5, 5.41) is 7.13. The highest BCUT2D eigenvalue weighted by atomic mass is 127. The predicted molar refractivity (Wildman–Crippen MR) is 115 cm³/mol. The Morgan fingerprint density at radius 2 is 1.75 bits per heavy atom. The average Bonchev–Trinajstić information content (AvgIpc) is 2.59. The zero-order valence-electron chi connectivity index (χ0n) is 16.0. The van der Waals surface area contributed by atoms with E-state index in [-0.39, 0.29) is 24.0 Å². The topological polar surface area (TPSA) is 39.7 Å². The van der Waals surface area contributed by atoms with Gasteiger partial charge in [-0.15, -0.1) is 24.0 Å². The molecule has 0 aromatic rings. The Hall–Kier alpha value is -0.0400. The smallest absolute Gasteiger partial charge is 0.191 e. The van der Waals surface area contributed by atoms with Gasteiger partial charge in [0.2, 0.25) is 0 Å². The lowest BCUT2D eigenvalue weighted by Crippen LogP contribution is -2.45. The van der Waals surface area contributed by atoms with Crippen LogP contribution in [0.15, 0.2) is 4.99 Å². The minimum atomic E-state index is 0. The van der Waals surface area contributed by atoms with Gasteiger partial charge in [0.05, 0.1) is 0 Å². The minimum Gasteiger partial charge on any atom is -0.356 e. The van der Waals surface area contributed by atoms with Crippen molar-refractivity contribution in [3.8, 4) is 0 Å². The van der Waals surface area contributed by atoms with Crippen LogP contribution in [0.3, 0.4) is 0 Å². The average molecular weight is 450 g/mol. The van der Waals surface area contributed by atoms with Crippen LogP contribution in [0.4, 0.5) is 0 Å². The number of halogens is 1. The summed E-state index contributed by atoms with van der Waals surface area (Å²) in [6.07, 6.45) is 12.5. The Morgan fingerprint density at radius 3 is 2.38 bits per heavy atom. The van der Waals surface area contributed by atoms with Crippen LogP contribution in [0.25, 0.3) is 0 Å². The molecule has 2 N–H and O–H groups in total. The molecular weight excluding hydrogens is 411 g/mol. The number of hydrogen-bond donors (Lipinski definition) is 2. The summed E-state index contributed by atoms with van der Waals surface area (Å²) >= 11 is 0. The minimum absolute atomic E-state index is 0. The van der Waals surface area contributed by atoms with Gasteiger partial charge in [-0.1, -0.05) is 32.1 Å². The SMILES string of the molecule is CN=C(NCC1CCN(C)CC1)NC(C)CCC1CCCCC1.I. The molecule has 2 fully saturated rings. The number of hydrogen-bond acceptors (Lipinski definition) is 2. The monoisotopic (exact) mass is 450 g/mol. The van der Waals surface area contributed by atoms with E-state index in [4.69, 9.17) is 0 Å². The number of aliphatic imine (C=N–C) groups is 1. The number of likely N-dealkylation sites (tertiary alicyclic amines) is 1. The van der Waals surface area contributed by atoms with Gasteiger partial charge in [-0.3, -0.25) is 4.99 Å². The Morgan fingerprint density at radius 1 is 1.08 bits per heavy atom. The lowest BCUT2D eigenvalue weighted by atomic mass is 9.85. The molecule has 0 aromatic carbocycles. The first-order valence-electron chi connectivity index (χ1n) is 9.83. The number of guanidine groups is 1. The van der Waals surface area contributed by atoms with Crippen LogP contribution in [-0.2, 0) is 0 Å². The van der Waals surface area contributed by atoms with E-state index >= 15 is 0 Å². The Kier molecular flexibility index (Phi) is 11.3. The maximum atomic E-state index is 4.41. The fraction of sp³-hybridized carbons (Fsp3) is 0.947. The summed E-state index contributed by atoms with van der Waals surface area (Å²) in [5.41, 5.74) is 0. The molecule has 0 amide bonds. The first kappa shape index (κ1) is 22.0. The van der Waals surface area contributed by atoms with Crippen molar-refractivity contribution in [2.24, 2.45) is 16.8 Å². The second-order valence-corrected chi connectivity index (χ2v) is 7.83. The fourth-order valence-electron chi connectivity index (χ4n) is 3.97. The molecule has 24 heavy (non-hydrogen) atoms. The summed E-state index contributed by atoms with van der Waals surface area (Å²) in [5.74, 6) is 2.75. The Labute approximate surface area is 166 Å². The Balaban J connectivity index is 0.00000288. The number of rotatable bonds is 6. The molecule has 2 rings (SSSR count). The standard InChI is InChI=1S/C19H38N4.HI/c1-16(9-10-17-7-5-4-6-8-17)22-19(20-2)21-15-18-11-13-23(3)14-12-18;/h16-18H,4-15H2,1-3H3,(H2,20,21,22);1H. The van der Waals surface area contributed by atoms with Crippen LogP contribution in [0.1, 0.15) is 64.7 Å². The number of nitrogens with zero attached hydrogens (tertiary/aromatic N) is 2. The second kappa shape index (κ2) is 12.3. The summed E-state index contributed by atoms with van der Waals surface area (Å²) in [4.78, 5) is 6.83. The lowest BCUT2D eigenvalue weighted by Gasteiger charge is -2.29. The molecule has 0 spiro atoms. The van der Waals surface area contributed by atoms with Gasteiger partial charge in [0.15, 0.2) is 5.96 Å². The summed E-state index contributed by atoms with van der Waals surface area (Å²) < 4.78 is 0. The largest absolute Gasteiger partial charge is 0.356 e. The molecule has 1 saturated carbocycles. The molecule has 1 heterocycles. The van der Waals surface area contributed by atoms with Crippen LogP contribution in [0.2, 0.25) is 0 Å². The van der Waals surface area contributed by atoms with E-state index in [0.717, 1.165) is 24.3 Å². The highest BCUT2D eigenvalue weighted by molar-refractivity contribution is 14.0. The van der Waals surface area contributed by atoms with Gasteiger partial charge in [-0.2, -0.15) is 0 Å². The van der Waals surface area contributed by atoms with Crippen molar-refractivity contribution < 1.29 is 0 Å². The Bertz CT molecular complexity index is 347. The molecule has 2 aliphatic rings. The van der Waals surface area contributed by atoms with Gasteiger partial charge in [-0.25, -0.2) is 0 Å². The number of piperidine rings is 1. The second-order valence-electron chi connectivity index (χ2n) is 7.83. The van der Waals surface area contributed by atoms with Crippen molar-refractivity contribution in [1.82, 2.24) is 15.5 Å². The van der Waals surface area contributed by atoms with Gasteiger partial charge in [0.25, 0.3) is 0 Å². The van der Waals surface area contributed by atoms with E-state index in [1.165, 1.54) is 70.9 Å². The molecule has 0 bridgehead atoms. The van der Waals surface area contributed by atoms with Crippen molar-refractivity contribution in [2.45, 2.75) is 70.8 Å². The normalized spacial score (nSPS) is 22.7. The number of nitrogens with one attached hydrogen (secondary N) is 2. The van der Waals surface area contributed by atoms with Gasteiger partial charge < -0.3 is 15.5 Å². The zero-order chi connectivity index (χ0) is 16.5. The van der Waals surface area contributed by atoms with Crippen LogP contribution in [0.5, 0.6) is 0 Å². The van der Waals surface area contributed by atoms with Crippen molar-refractivity contribution in [1.29, 1.82) is 0 Å². The quantitative estimate of drug-likeness (QED) is 0.367. The van der Waals surface area contributed by atoms with E-state index in [0.29, 0.717) is 6.04 Å². The van der Waals surface area contributed by atoms with Gasteiger partial charge in [0.1, 0.15) is 0 Å². The summed E-state index contributed by atoms with van der Waals surface area (Å²) in [6, 6.07) is 0.514. The molecule has 1 unspecified atom stereocenters. The van der Waals surface area contributed by atoms with Crippen LogP contribution < -0.4 is 10.6 Å². The first-order chi connectivity index (χ1) is 11.2. The predicted octanol–water partition coefficient (Wildman–Crippen LogP) is 3.86. The third kappa shape index (κ3) is 8.37. The molecule has 1 atom stereocenters. The van der Waals surface area contributed by atoms with E-state index < -0.39 is 0 Å². The maximum Gasteiger partial charge on any atom is 0.191 e. The van der Waals surface area contributed by atoms with Crippen molar-refractivity contribution in [3.63, 3.8) is 0 Å². The van der Waals surface area contributed by atoms with E-state index in [1.54, 1.807) is 0 Å². The summed E-state index contributed by atoms with van der Waals surface area (Å²) in [7, 11) is 4.11. The molecule has 0 aromatic heterocycles. The highest BCUT2D eigenvalue weighted by Gasteiger charge is 2.18. The summed E-state index contributed by atoms with van der Waals surface area (Å²) in [6.45, 7) is 5.82. The molecule has 0 radical (unpaired) electrons. The third-order valence-corrected chi connectivity index (χ3v) is 5.74. The van der Waals surface area contributed by atoms with E-state index in [9.17, 15) is 0 Å². The third-order valence-electron chi connectivity index (χ3n) is 5.74. The van der Waals surface area contributed by atoms with Gasteiger partial charge in [0, 0.05) is 19.6 Å².